The number of benzene rings is 2. The number of likely N-dealkylation sites (N-methyl/N-ethyl adjacent to an activating group) is 1. The zero-order chi connectivity index (χ0) is 17.6. The minimum Gasteiger partial charge on any atom is -0.494 e. The molecule has 0 aliphatic carbocycles. The number of hydrogen-bond donors (Lipinski definition) is 0. The van der Waals surface area contributed by atoms with Crippen LogP contribution in [0.3, 0.4) is 0 Å². The average molecular weight is 352 g/mol. The van der Waals surface area contributed by atoms with Gasteiger partial charge in [0.15, 0.2) is 5.17 Å². The summed E-state index contributed by atoms with van der Waals surface area (Å²) in [6, 6.07) is 17.4. The van der Waals surface area contributed by atoms with Gasteiger partial charge in [-0.05, 0) is 61.5 Å². The fourth-order valence-corrected chi connectivity index (χ4v) is 3.52. The summed E-state index contributed by atoms with van der Waals surface area (Å²) in [7, 11) is 0. The van der Waals surface area contributed by atoms with Crippen LogP contribution in [-0.4, -0.2) is 29.1 Å². The Morgan fingerprint density at radius 3 is 2.44 bits per heavy atom. The number of rotatable bonds is 5. The number of nitrogens with zero attached hydrogens (tertiary/aromatic N) is 2. The number of hydrogen-bond acceptors (Lipinski definition) is 4. The Kier molecular flexibility index (Phi) is 5.56. The molecule has 1 aliphatic heterocycles. The van der Waals surface area contributed by atoms with Gasteiger partial charge in [0, 0.05) is 6.54 Å². The lowest BCUT2D eigenvalue weighted by Crippen LogP contribution is -2.28. The summed E-state index contributed by atoms with van der Waals surface area (Å²) in [5.41, 5.74) is 1.81. The Labute approximate surface area is 152 Å². The molecule has 25 heavy (non-hydrogen) atoms. The molecule has 4 nitrogen and oxygen atoms in total. The normalized spacial score (nSPS) is 17.5. The minimum absolute atomic E-state index is 0.00364. The van der Waals surface area contributed by atoms with E-state index in [1.54, 1.807) is 4.90 Å². The van der Waals surface area contributed by atoms with Crippen LogP contribution in [0.2, 0.25) is 0 Å². The third kappa shape index (κ3) is 4.12. The zero-order valence-corrected chi connectivity index (χ0v) is 15.1. The minimum atomic E-state index is -0.00364. The van der Waals surface area contributed by atoms with E-state index in [0.717, 1.165) is 22.2 Å². The van der Waals surface area contributed by atoms with Gasteiger partial charge >= 0.3 is 0 Å². The van der Waals surface area contributed by atoms with Crippen molar-refractivity contribution in [3.63, 3.8) is 0 Å². The van der Waals surface area contributed by atoms with Crippen molar-refractivity contribution in [1.82, 2.24) is 4.90 Å². The van der Waals surface area contributed by atoms with E-state index in [1.165, 1.54) is 11.8 Å². The van der Waals surface area contributed by atoms with E-state index in [9.17, 15) is 4.79 Å². The second-order valence-corrected chi connectivity index (χ2v) is 6.40. The molecule has 3 rings (SSSR count). The summed E-state index contributed by atoms with van der Waals surface area (Å²) in [5.74, 6) is 0.827. The number of carbonyl (C=O) groups excluding carboxylic acids is 1. The molecule has 1 saturated heterocycles. The fourth-order valence-electron chi connectivity index (χ4n) is 2.46. The van der Waals surface area contributed by atoms with Crippen molar-refractivity contribution in [2.45, 2.75) is 13.8 Å². The van der Waals surface area contributed by atoms with Crippen molar-refractivity contribution in [2.24, 2.45) is 4.99 Å². The third-order valence-electron chi connectivity index (χ3n) is 3.67. The first-order chi connectivity index (χ1) is 12.2. The molecule has 0 unspecified atom stereocenters. The maximum Gasteiger partial charge on any atom is 0.266 e. The largest absolute Gasteiger partial charge is 0.494 e. The van der Waals surface area contributed by atoms with Gasteiger partial charge in [-0.25, -0.2) is 4.99 Å². The smallest absolute Gasteiger partial charge is 0.266 e. The van der Waals surface area contributed by atoms with Crippen molar-refractivity contribution in [2.75, 3.05) is 13.2 Å². The SMILES string of the molecule is CCOc1ccc(/C=C2\SC(=Nc3ccccc3)N(CC)C2=O)cc1. The van der Waals surface area contributed by atoms with Gasteiger partial charge in [-0.2, -0.15) is 0 Å². The number of ether oxygens (including phenoxy) is 1. The van der Waals surface area contributed by atoms with Gasteiger partial charge in [-0.15, -0.1) is 0 Å². The van der Waals surface area contributed by atoms with Crippen LogP contribution in [0.1, 0.15) is 19.4 Å². The molecule has 1 fully saturated rings. The second kappa shape index (κ2) is 8.03. The molecule has 0 bridgehead atoms. The molecule has 1 aliphatic rings. The fraction of sp³-hybridized carbons (Fsp3) is 0.200. The predicted octanol–water partition coefficient (Wildman–Crippen LogP) is 4.71. The van der Waals surface area contributed by atoms with Gasteiger partial charge in [0.2, 0.25) is 0 Å². The Morgan fingerprint density at radius 1 is 1.08 bits per heavy atom. The Hall–Kier alpha value is -2.53. The summed E-state index contributed by atoms with van der Waals surface area (Å²) >= 11 is 1.41. The van der Waals surface area contributed by atoms with Gasteiger partial charge in [-0.1, -0.05) is 30.3 Å². The van der Waals surface area contributed by atoms with E-state index >= 15 is 0 Å². The van der Waals surface area contributed by atoms with E-state index < -0.39 is 0 Å². The molecular formula is C20H20N2O2S. The molecule has 5 heteroatoms. The summed E-state index contributed by atoms with van der Waals surface area (Å²) in [5, 5.41) is 0.718. The molecule has 0 aromatic heterocycles. The number of carbonyl (C=O) groups is 1. The van der Waals surface area contributed by atoms with Crippen LogP contribution < -0.4 is 4.74 Å². The number of aliphatic imine (C=N–C) groups is 1. The van der Waals surface area contributed by atoms with Gasteiger partial charge in [0.1, 0.15) is 5.75 Å². The quantitative estimate of drug-likeness (QED) is 0.732. The zero-order valence-electron chi connectivity index (χ0n) is 14.3. The van der Waals surface area contributed by atoms with Gasteiger partial charge < -0.3 is 4.74 Å². The van der Waals surface area contributed by atoms with Crippen molar-refractivity contribution < 1.29 is 9.53 Å². The monoisotopic (exact) mass is 352 g/mol. The molecule has 1 heterocycles. The van der Waals surface area contributed by atoms with Crippen LogP contribution in [0.4, 0.5) is 5.69 Å². The first-order valence-corrected chi connectivity index (χ1v) is 9.11. The van der Waals surface area contributed by atoms with Crippen LogP contribution in [0, 0.1) is 0 Å². The molecule has 128 valence electrons. The maximum atomic E-state index is 12.6. The Morgan fingerprint density at radius 2 is 1.80 bits per heavy atom. The van der Waals surface area contributed by atoms with Crippen molar-refractivity contribution in [3.8, 4) is 5.75 Å². The first kappa shape index (κ1) is 17.3. The van der Waals surface area contributed by atoms with Crippen LogP contribution >= 0.6 is 11.8 Å². The van der Waals surface area contributed by atoms with Crippen LogP contribution in [0.15, 0.2) is 64.5 Å². The number of amidine groups is 1. The summed E-state index contributed by atoms with van der Waals surface area (Å²) in [6.45, 7) is 5.15. The summed E-state index contributed by atoms with van der Waals surface area (Å²) in [6.07, 6.45) is 1.90. The lowest BCUT2D eigenvalue weighted by atomic mass is 10.2. The highest BCUT2D eigenvalue weighted by molar-refractivity contribution is 8.18. The molecule has 2 aromatic rings. The Bertz CT molecular complexity index is 798. The van der Waals surface area contributed by atoms with Crippen molar-refractivity contribution in [1.29, 1.82) is 0 Å². The van der Waals surface area contributed by atoms with Gasteiger partial charge in [-0.3, -0.25) is 9.69 Å². The van der Waals surface area contributed by atoms with Gasteiger partial charge in [0.05, 0.1) is 17.2 Å². The molecule has 0 N–H and O–H groups in total. The maximum absolute atomic E-state index is 12.6. The molecular weight excluding hydrogens is 332 g/mol. The van der Waals surface area contributed by atoms with Crippen molar-refractivity contribution in [3.05, 3.63) is 65.1 Å². The first-order valence-electron chi connectivity index (χ1n) is 8.29. The summed E-state index contributed by atoms with van der Waals surface area (Å²) in [4.78, 5) is 19.6. The predicted molar refractivity (Wildman–Crippen MR) is 104 cm³/mol. The van der Waals surface area contributed by atoms with E-state index in [4.69, 9.17) is 4.74 Å². The molecule has 2 aromatic carbocycles. The third-order valence-corrected chi connectivity index (χ3v) is 4.68. The highest BCUT2D eigenvalue weighted by Crippen LogP contribution is 2.34. The Balaban J connectivity index is 1.85. The van der Waals surface area contributed by atoms with Crippen molar-refractivity contribution >= 4 is 34.6 Å². The average Bonchev–Trinajstić information content (AvgIpc) is 2.92. The van der Waals surface area contributed by atoms with E-state index in [0.29, 0.717) is 18.1 Å². The lowest BCUT2D eigenvalue weighted by Gasteiger charge is -2.11. The molecule has 0 saturated carbocycles. The van der Waals surface area contributed by atoms with Gasteiger partial charge in [0.25, 0.3) is 5.91 Å². The standard InChI is InChI=1S/C20H20N2O2S/c1-3-22-19(23)18(14-15-10-12-17(13-11-15)24-4-2)25-20(22)21-16-8-6-5-7-9-16/h5-14H,3-4H2,1-2H3/b18-14-,21-20?. The van der Waals surface area contributed by atoms with Crippen LogP contribution in [-0.2, 0) is 4.79 Å². The molecule has 0 radical (unpaired) electrons. The van der Waals surface area contributed by atoms with E-state index in [2.05, 4.69) is 4.99 Å². The second-order valence-electron chi connectivity index (χ2n) is 5.39. The van der Waals surface area contributed by atoms with Crippen LogP contribution in [0.25, 0.3) is 6.08 Å². The number of amides is 1. The lowest BCUT2D eigenvalue weighted by molar-refractivity contribution is -0.122. The molecule has 0 atom stereocenters. The number of thioether (sulfide) groups is 1. The molecule has 0 spiro atoms. The number of para-hydroxylation sites is 1. The molecule has 1 amide bonds. The van der Waals surface area contributed by atoms with E-state index in [-0.39, 0.29) is 5.91 Å². The highest BCUT2D eigenvalue weighted by Gasteiger charge is 2.32. The van der Waals surface area contributed by atoms with Crippen LogP contribution in [0.5, 0.6) is 5.75 Å². The van der Waals surface area contributed by atoms with E-state index in [1.807, 2.05) is 74.5 Å². The highest BCUT2D eigenvalue weighted by atomic mass is 32.2. The topological polar surface area (TPSA) is 41.9 Å². The summed E-state index contributed by atoms with van der Waals surface area (Å²) < 4.78 is 5.45.